The zero-order valence-corrected chi connectivity index (χ0v) is 8.52. The van der Waals surface area contributed by atoms with Crippen molar-refractivity contribution in [2.45, 2.75) is 6.29 Å². The summed E-state index contributed by atoms with van der Waals surface area (Å²) in [6.45, 7) is 1.04. The third kappa shape index (κ3) is 2.30. The fourth-order valence-corrected chi connectivity index (χ4v) is 1.54. The van der Waals surface area contributed by atoms with Crippen LogP contribution < -0.4 is 5.46 Å². The first kappa shape index (κ1) is 10.8. The zero-order valence-electron chi connectivity index (χ0n) is 7.76. The summed E-state index contributed by atoms with van der Waals surface area (Å²) in [5.41, 5.74) is 0.772. The molecule has 1 aliphatic heterocycles. The maximum absolute atomic E-state index is 9.02. The third-order valence-electron chi connectivity index (χ3n) is 2.06. The quantitative estimate of drug-likeness (QED) is 0.526. The summed E-state index contributed by atoms with van der Waals surface area (Å²) in [4.78, 5) is 3.83. The Hall–Kier alpha value is -0.655. The maximum atomic E-state index is 9.02. The minimum atomic E-state index is -1.65. The molecule has 0 saturated carbocycles. The van der Waals surface area contributed by atoms with Gasteiger partial charge in [0.2, 0.25) is 0 Å². The Bertz CT molecular complexity index is 356. The van der Waals surface area contributed by atoms with Gasteiger partial charge in [-0.15, -0.1) is 0 Å². The van der Waals surface area contributed by atoms with Crippen LogP contribution in [0, 0.1) is 0 Å². The minimum absolute atomic E-state index is 0.0618. The van der Waals surface area contributed by atoms with Crippen molar-refractivity contribution in [3.63, 3.8) is 0 Å². The van der Waals surface area contributed by atoms with E-state index < -0.39 is 13.4 Å². The van der Waals surface area contributed by atoms with Crippen LogP contribution in [0.1, 0.15) is 11.9 Å². The second-order valence-electron chi connectivity index (χ2n) is 3.10. The van der Waals surface area contributed by atoms with Gasteiger partial charge in [-0.3, -0.25) is 0 Å². The summed E-state index contributed by atoms with van der Waals surface area (Å²) in [7, 11) is -1.65. The van der Waals surface area contributed by atoms with E-state index in [1.165, 1.54) is 12.3 Å². The fraction of sp³-hybridized carbons (Fsp3) is 0.375. The normalized spacial score (nSPS) is 17.0. The van der Waals surface area contributed by atoms with E-state index in [0.717, 1.165) is 0 Å². The lowest BCUT2D eigenvalue weighted by Crippen LogP contribution is -2.32. The lowest BCUT2D eigenvalue weighted by Gasteiger charge is -2.10. The van der Waals surface area contributed by atoms with Crippen molar-refractivity contribution in [1.82, 2.24) is 4.98 Å². The van der Waals surface area contributed by atoms with Crippen molar-refractivity contribution >= 4 is 24.2 Å². The van der Waals surface area contributed by atoms with Gasteiger partial charge in [-0.1, -0.05) is 11.6 Å². The number of nitrogens with zero attached hydrogens (tertiary/aromatic N) is 1. The SMILES string of the molecule is OB(O)c1cc(C2OCCO2)cnc1Cl. The van der Waals surface area contributed by atoms with Crippen LogP contribution in [0.2, 0.25) is 5.15 Å². The van der Waals surface area contributed by atoms with Crippen molar-refractivity contribution in [3.05, 3.63) is 23.0 Å². The molecule has 2 rings (SSSR count). The number of aromatic nitrogens is 1. The second kappa shape index (κ2) is 4.46. The summed E-state index contributed by atoms with van der Waals surface area (Å²) in [6, 6.07) is 1.51. The minimum Gasteiger partial charge on any atom is -0.423 e. The van der Waals surface area contributed by atoms with Crippen LogP contribution in [0.25, 0.3) is 0 Å². The number of pyridine rings is 1. The van der Waals surface area contributed by atoms with Gasteiger partial charge >= 0.3 is 7.12 Å². The maximum Gasteiger partial charge on any atom is 0.491 e. The monoisotopic (exact) mass is 229 g/mol. The van der Waals surface area contributed by atoms with Gasteiger partial charge in [0.1, 0.15) is 5.15 Å². The molecule has 1 aliphatic rings. The Balaban J connectivity index is 2.29. The van der Waals surface area contributed by atoms with E-state index in [1.54, 1.807) is 0 Å². The molecule has 2 heterocycles. The lowest BCUT2D eigenvalue weighted by molar-refractivity contribution is -0.0442. The van der Waals surface area contributed by atoms with Crippen LogP contribution in [0.4, 0.5) is 0 Å². The van der Waals surface area contributed by atoms with Gasteiger partial charge in [0.25, 0.3) is 0 Å². The first-order chi connectivity index (χ1) is 7.18. The molecule has 0 bridgehead atoms. The molecule has 1 saturated heterocycles. The Morgan fingerprint density at radius 1 is 1.40 bits per heavy atom. The number of ether oxygens (including phenoxy) is 2. The Morgan fingerprint density at radius 2 is 2.07 bits per heavy atom. The van der Waals surface area contributed by atoms with Crippen molar-refractivity contribution in [2.24, 2.45) is 0 Å². The van der Waals surface area contributed by atoms with Crippen LogP contribution in [-0.2, 0) is 9.47 Å². The topological polar surface area (TPSA) is 71.8 Å². The summed E-state index contributed by atoms with van der Waals surface area (Å²) in [5.74, 6) is 0. The first-order valence-electron chi connectivity index (χ1n) is 4.43. The predicted molar refractivity (Wildman–Crippen MR) is 53.7 cm³/mol. The van der Waals surface area contributed by atoms with Crippen molar-refractivity contribution in [2.75, 3.05) is 13.2 Å². The zero-order chi connectivity index (χ0) is 10.8. The van der Waals surface area contributed by atoms with Gasteiger partial charge in [-0.25, -0.2) is 4.98 Å². The molecule has 0 spiro atoms. The van der Waals surface area contributed by atoms with Crippen LogP contribution in [0.5, 0.6) is 0 Å². The van der Waals surface area contributed by atoms with Gasteiger partial charge in [0, 0.05) is 17.2 Å². The number of rotatable bonds is 2. The lowest BCUT2D eigenvalue weighted by atomic mass is 9.81. The molecule has 2 N–H and O–H groups in total. The van der Waals surface area contributed by atoms with E-state index in [2.05, 4.69) is 4.98 Å². The average Bonchev–Trinajstić information content (AvgIpc) is 2.71. The molecule has 0 aromatic carbocycles. The van der Waals surface area contributed by atoms with Crippen molar-refractivity contribution < 1.29 is 19.5 Å². The standard InChI is InChI=1S/C8H9BClNO4/c10-7-6(9(12)13)3-5(4-11-7)8-14-1-2-15-8/h3-4,8,12-13H,1-2H2. The highest BCUT2D eigenvalue weighted by Crippen LogP contribution is 2.22. The highest BCUT2D eigenvalue weighted by atomic mass is 35.5. The van der Waals surface area contributed by atoms with E-state index in [0.29, 0.717) is 18.8 Å². The van der Waals surface area contributed by atoms with Gasteiger partial charge in [0.05, 0.1) is 13.2 Å². The molecule has 80 valence electrons. The largest absolute Gasteiger partial charge is 0.491 e. The highest BCUT2D eigenvalue weighted by Gasteiger charge is 2.23. The van der Waals surface area contributed by atoms with Gasteiger partial charge < -0.3 is 19.5 Å². The predicted octanol–water partition coefficient (Wildman–Crippen LogP) is -0.540. The van der Waals surface area contributed by atoms with Crippen LogP contribution in [0.3, 0.4) is 0 Å². The molecule has 0 atom stereocenters. The van der Waals surface area contributed by atoms with Crippen molar-refractivity contribution in [1.29, 1.82) is 0 Å². The molecular weight excluding hydrogens is 220 g/mol. The Morgan fingerprint density at radius 3 is 2.67 bits per heavy atom. The molecule has 15 heavy (non-hydrogen) atoms. The summed E-state index contributed by atoms with van der Waals surface area (Å²) < 4.78 is 10.5. The molecule has 0 unspecified atom stereocenters. The molecule has 0 amide bonds. The van der Waals surface area contributed by atoms with E-state index in [4.69, 9.17) is 31.1 Å². The molecule has 0 aliphatic carbocycles. The molecule has 5 nitrogen and oxygen atoms in total. The van der Waals surface area contributed by atoms with Crippen LogP contribution in [-0.4, -0.2) is 35.4 Å². The second-order valence-corrected chi connectivity index (χ2v) is 3.45. The number of halogens is 1. The molecule has 0 radical (unpaired) electrons. The van der Waals surface area contributed by atoms with E-state index in [9.17, 15) is 0 Å². The first-order valence-corrected chi connectivity index (χ1v) is 4.81. The summed E-state index contributed by atoms with van der Waals surface area (Å²) >= 11 is 5.69. The fourth-order valence-electron chi connectivity index (χ4n) is 1.34. The summed E-state index contributed by atoms with van der Waals surface area (Å²) in [6.07, 6.45) is 0.997. The molecule has 1 aromatic heterocycles. The molecular formula is C8H9BClNO4. The molecule has 7 heteroatoms. The Kier molecular flexibility index (Phi) is 3.23. The van der Waals surface area contributed by atoms with E-state index in [-0.39, 0.29) is 10.6 Å². The average molecular weight is 229 g/mol. The third-order valence-corrected chi connectivity index (χ3v) is 2.38. The molecule has 1 fully saturated rings. The summed E-state index contributed by atoms with van der Waals surface area (Å²) in [5, 5.41) is 18.1. The number of hydrogen-bond acceptors (Lipinski definition) is 5. The van der Waals surface area contributed by atoms with Crippen LogP contribution >= 0.6 is 11.6 Å². The van der Waals surface area contributed by atoms with Crippen LogP contribution in [0.15, 0.2) is 12.3 Å². The van der Waals surface area contributed by atoms with Gasteiger partial charge in [-0.05, 0) is 6.07 Å². The highest BCUT2D eigenvalue weighted by molar-refractivity contribution is 6.62. The van der Waals surface area contributed by atoms with E-state index >= 15 is 0 Å². The number of hydrogen-bond donors (Lipinski definition) is 2. The Labute approximate surface area is 91.8 Å². The van der Waals surface area contributed by atoms with E-state index in [1.807, 2.05) is 0 Å². The smallest absolute Gasteiger partial charge is 0.423 e. The van der Waals surface area contributed by atoms with Gasteiger partial charge in [0.15, 0.2) is 6.29 Å². The van der Waals surface area contributed by atoms with Crippen molar-refractivity contribution in [3.8, 4) is 0 Å². The molecule has 1 aromatic rings. The van der Waals surface area contributed by atoms with Gasteiger partial charge in [-0.2, -0.15) is 0 Å².